The molecule has 1 aromatic carbocycles. The highest BCUT2D eigenvalue weighted by molar-refractivity contribution is 7.89. The number of aliphatic hydroxyl groups is 1. The molecule has 7 heteroatoms. The second kappa shape index (κ2) is 6.49. The number of nitrogens with zero attached hydrogens (tertiary/aromatic N) is 2. The van der Waals surface area contributed by atoms with Crippen molar-refractivity contribution in [3.8, 4) is 0 Å². The summed E-state index contributed by atoms with van der Waals surface area (Å²) in [5, 5.41) is 9.81. The van der Waals surface area contributed by atoms with Gasteiger partial charge in [-0.3, -0.25) is 0 Å². The van der Waals surface area contributed by atoms with E-state index in [0.717, 1.165) is 5.56 Å². The van der Waals surface area contributed by atoms with Gasteiger partial charge in [0.05, 0.1) is 6.61 Å². The third-order valence-electron chi connectivity index (χ3n) is 3.58. The van der Waals surface area contributed by atoms with Crippen molar-refractivity contribution in [2.45, 2.75) is 11.4 Å². The lowest BCUT2D eigenvalue weighted by Gasteiger charge is -2.21. The van der Waals surface area contributed by atoms with Crippen LogP contribution in [0.4, 0.5) is 0 Å². The van der Waals surface area contributed by atoms with Crippen LogP contribution in [0.1, 0.15) is 5.56 Å². The second-order valence-electron chi connectivity index (χ2n) is 5.10. The van der Waals surface area contributed by atoms with Crippen LogP contribution in [0.15, 0.2) is 59.8 Å². The number of nitrogens with one attached hydrogen (secondary N) is 1. The van der Waals surface area contributed by atoms with Crippen LogP contribution in [0.2, 0.25) is 0 Å². The van der Waals surface area contributed by atoms with Crippen molar-refractivity contribution in [2.75, 3.05) is 13.2 Å². The number of aromatic nitrogens is 2. The Labute approximate surface area is 134 Å². The Morgan fingerprint density at radius 3 is 2.65 bits per heavy atom. The van der Waals surface area contributed by atoms with Gasteiger partial charge in [-0.2, -0.15) is 4.31 Å². The Morgan fingerprint density at radius 1 is 1.13 bits per heavy atom. The summed E-state index contributed by atoms with van der Waals surface area (Å²) in [6.45, 7) is -0.00645. The SMILES string of the molecule is O=S(=O)(c1c[nH]c2ncccc12)N(CCO)Cc1ccccc1. The zero-order chi connectivity index (χ0) is 16.3. The van der Waals surface area contributed by atoms with Crippen LogP contribution < -0.4 is 0 Å². The molecule has 0 unspecified atom stereocenters. The summed E-state index contributed by atoms with van der Waals surface area (Å²) >= 11 is 0. The zero-order valence-electron chi connectivity index (χ0n) is 12.4. The van der Waals surface area contributed by atoms with E-state index in [-0.39, 0.29) is 24.6 Å². The molecule has 0 spiro atoms. The largest absolute Gasteiger partial charge is 0.395 e. The molecule has 0 aliphatic rings. The summed E-state index contributed by atoms with van der Waals surface area (Å²) in [6.07, 6.45) is 3.05. The van der Waals surface area contributed by atoms with Gasteiger partial charge >= 0.3 is 0 Å². The van der Waals surface area contributed by atoms with Gasteiger partial charge in [0.1, 0.15) is 10.5 Å². The van der Waals surface area contributed by atoms with E-state index < -0.39 is 10.0 Å². The van der Waals surface area contributed by atoms with Crippen molar-refractivity contribution < 1.29 is 13.5 Å². The number of benzene rings is 1. The van der Waals surface area contributed by atoms with E-state index in [0.29, 0.717) is 11.0 Å². The lowest BCUT2D eigenvalue weighted by Crippen LogP contribution is -2.33. The quantitative estimate of drug-likeness (QED) is 0.720. The number of fused-ring (bicyclic) bond motifs is 1. The first-order valence-corrected chi connectivity index (χ1v) is 8.64. The van der Waals surface area contributed by atoms with E-state index in [9.17, 15) is 13.5 Å². The Hall–Kier alpha value is -2.22. The minimum atomic E-state index is -3.74. The van der Waals surface area contributed by atoms with Gasteiger partial charge in [-0.05, 0) is 17.7 Å². The molecule has 0 bridgehead atoms. The molecule has 3 rings (SSSR count). The van der Waals surface area contributed by atoms with Gasteiger partial charge in [0.2, 0.25) is 10.0 Å². The molecular formula is C16H17N3O3S. The minimum Gasteiger partial charge on any atom is -0.395 e. The third-order valence-corrected chi connectivity index (χ3v) is 5.47. The Morgan fingerprint density at radius 2 is 1.91 bits per heavy atom. The molecule has 0 amide bonds. The maximum Gasteiger partial charge on any atom is 0.245 e. The second-order valence-corrected chi connectivity index (χ2v) is 7.01. The first-order valence-electron chi connectivity index (χ1n) is 7.20. The number of rotatable bonds is 6. The summed E-state index contributed by atoms with van der Waals surface area (Å²) in [5.74, 6) is 0. The standard InChI is InChI=1S/C16H17N3O3S/c20-10-9-19(12-13-5-2-1-3-6-13)23(21,22)15-11-18-16-14(15)7-4-8-17-16/h1-8,11,20H,9-10,12H2,(H,17,18). The fraction of sp³-hybridized carbons (Fsp3) is 0.188. The average molecular weight is 331 g/mol. The summed E-state index contributed by atoms with van der Waals surface area (Å²) in [4.78, 5) is 7.16. The molecule has 23 heavy (non-hydrogen) atoms. The van der Waals surface area contributed by atoms with Gasteiger partial charge in [0.15, 0.2) is 0 Å². The Bertz CT molecular complexity index is 891. The lowest BCUT2D eigenvalue weighted by atomic mass is 10.2. The molecule has 120 valence electrons. The van der Waals surface area contributed by atoms with Gasteiger partial charge in [-0.1, -0.05) is 30.3 Å². The lowest BCUT2D eigenvalue weighted by molar-refractivity contribution is 0.251. The molecule has 0 saturated carbocycles. The topological polar surface area (TPSA) is 86.3 Å². The number of pyridine rings is 1. The van der Waals surface area contributed by atoms with Crippen molar-refractivity contribution in [3.05, 3.63) is 60.4 Å². The van der Waals surface area contributed by atoms with Crippen molar-refractivity contribution >= 4 is 21.1 Å². The van der Waals surface area contributed by atoms with Gasteiger partial charge in [-0.15, -0.1) is 0 Å². The van der Waals surface area contributed by atoms with Gasteiger partial charge < -0.3 is 10.1 Å². The smallest absolute Gasteiger partial charge is 0.245 e. The first kappa shape index (κ1) is 15.7. The van der Waals surface area contributed by atoms with E-state index in [2.05, 4.69) is 9.97 Å². The predicted octanol–water partition coefficient (Wildman–Crippen LogP) is 1.75. The van der Waals surface area contributed by atoms with Crippen LogP contribution in [0.25, 0.3) is 11.0 Å². The molecule has 0 saturated heterocycles. The summed E-state index contributed by atoms with van der Waals surface area (Å²) in [5.41, 5.74) is 1.39. The number of aromatic amines is 1. The molecule has 0 fully saturated rings. The molecular weight excluding hydrogens is 314 g/mol. The van der Waals surface area contributed by atoms with E-state index in [1.165, 1.54) is 10.5 Å². The van der Waals surface area contributed by atoms with E-state index >= 15 is 0 Å². The molecule has 0 aliphatic carbocycles. The molecule has 6 nitrogen and oxygen atoms in total. The van der Waals surface area contributed by atoms with Crippen LogP contribution in [0, 0.1) is 0 Å². The van der Waals surface area contributed by atoms with Crippen LogP contribution in [0.3, 0.4) is 0 Å². The van der Waals surface area contributed by atoms with Crippen LogP contribution in [0.5, 0.6) is 0 Å². The molecule has 0 atom stereocenters. The maximum atomic E-state index is 13.0. The predicted molar refractivity (Wildman–Crippen MR) is 87.2 cm³/mol. The summed E-state index contributed by atoms with van der Waals surface area (Å²) < 4.78 is 27.2. The van der Waals surface area contributed by atoms with Crippen LogP contribution in [-0.2, 0) is 16.6 Å². The number of hydrogen-bond donors (Lipinski definition) is 2. The summed E-state index contributed by atoms with van der Waals surface area (Å²) in [6, 6.07) is 12.7. The van der Waals surface area contributed by atoms with Crippen molar-refractivity contribution in [1.29, 1.82) is 0 Å². The number of sulfonamides is 1. The van der Waals surface area contributed by atoms with Gasteiger partial charge in [-0.25, -0.2) is 13.4 Å². The Balaban J connectivity index is 2.00. The molecule has 0 aliphatic heterocycles. The zero-order valence-corrected chi connectivity index (χ0v) is 13.2. The van der Waals surface area contributed by atoms with Gasteiger partial charge in [0.25, 0.3) is 0 Å². The highest BCUT2D eigenvalue weighted by Gasteiger charge is 2.27. The highest BCUT2D eigenvalue weighted by Crippen LogP contribution is 2.25. The monoisotopic (exact) mass is 331 g/mol. The van der Waals surface area contributed by atoms with Crippen molar-refractivity contribution in [3.63, 3.8) is 0 Å². The first-order chi connectivity index (χ1) is 11.1. The maximum absolute atomic E-state index is 13.0. The molecule has 0 radical (unpaired) electrons. The van der Waals surface area contributed by atoms with Crippen LogP contribution >= 0.6 is 0 Å². The summed E-state index contributed by atoms with van der Waals surface area (Å²) in [7, 11) is -3.74. The molecule has 2 N–H and O–H groups in total. The van der Waals surface area contributed by atoms with E-state index in [4.69, 9.17) is 0 Å². The third kappa shape index (κ3) is 3.12. The van der Waals surface area contributed by atoms with Crippen molar-refractivity contribution in [2.24, 2.45) is 0 Å². The molecule has 2 heterocycles. The Kier molecular flexibility index (Phi) is 4.42. The number of hydrogen-bond acceptors (Lipinski definition) is 4. The van der Waals surface area contributed by atoms with Crippen molar-refractivity contribution in [1.82, 2.24) is 14.3 Å². The normalized spacial score (nSPS) is 12.1. The molecule has 2 aromatic heterocycles. The minimum absolute atomic E-state index is 0.0319. The highest BCUT2D eigenvalue weighted by atomic mass is 32.2. The fourth-order valence-electron chi connectivity index (χ4n) is 2.47. The average Bonchev–Trinajstić information content (AvgIpc) is 3.00. The van der Waals surface area contributed by atoms with Crippen LogP contribution in [-0.4, -0.2) is 40.9 Å². The number of aliphatic hydroxyl groups excluding tert-OH is 1. The number of H-pyrrole nitrogens is 1. The van der Waals surface area contributed by atoms with E-state index in [1.54, 1.807) is 18.3 Å². The molecule has 3 aromatic rings. The fourth-order valence-corrected chi connectivity index (χ4v) is 4.04. The van der Waals surface area contributed by atoms with Gasteiger partial charge in [0, 0.05) is 30.9 Å². The van der Waals surface area contributed by atoms with E-state index in [1.807, 2.05) is 30.3 Å².